The minimum atomic E-state index is -0.428. The molecule has 2 unspecified atom stereocenters. The Labute approximate surface area is 160 Å². The maximum absolute atomic E-state index is 11.8. The van der Waals surface area contributed by atoms with Crippen LogP contribution in [0, 0.1) is 0 Å². The largest absolute Gasteiger partial charge is 0.465 e. The highest BCUT2D eigenvalue weighted by Gasteiger charge is 2.23. The summed E-state index contributed by atoms with van der Waals surface area (Å²) in [4.78, 5) is 12.2. The standard InChI is InChI=1S/C17H19ClN2O3S2/c1-9(12-4-3-7-23-12)19-17(24)20-10-5-6-11-13(8-10)25-15(14(11)18)16(21)22-2/h5-6,8-9,12H,3-4,7H2,1-2H3,(H2,19,20,24). The van der Waals surface area contributed by atoms with E-state index in [1.165, 1.54) is 18.4 Å². The van der Waals surface area contributed by atoms with E-state index in [1.807, 2.05) is 18.2 Å². The van der Waals surface area contributed by atoms with Crippen molar-refractivity contribution in [2.24, 2.45) is 0 Å². The summed E-state index contributed by atoms with van der Waals surface area (Å²) in [5, 5.41) is 8.22. The highest BCUT2D eigenvalue weighted by atomic mass is 35.5. The van der Waals surface area contributed by atoms with Crippen LogP contribution >= 0.6 is 35.2 Å². The molecule has 2 atom stereocenters. The molecule has 2 aromatic rings. The molecule has 1 saturated heterocycles. The molecule has 1 aliphatic heterocycles. The van der Waals surface area contributed by atoms with Crippen molar-refractivity contribution in [2.45, 2.75) is 31.9 Å². The van der Waals surface area contributed by atoms with E-state index in [9.17, 15) is 4.79 Å². The van der Waals surface area contributed by atoms with Crippen LogP contribution in [0.5, 0.6) is 0 Å². The number of thiocarbonyl (C=S) groups is 1. The lowest BCUT2D eigenvalue weighted by atomic mass is 10.1. The summed E-state index contributed by atoms with van der Waals surface area (Å²) in [6, 6.07) is 5.82. The van der Waals surface area contributed by atoms with E-state index in [4.69, 9.17) is 33.3 Å². The lowest BCUT2D eigenvalue weighted by Gasteiger charge is -2.22. The number of esters is 1. The molecule has 8 heteroatoms. The molecule has 3 rings (SSSR count). The Hall–Kier alpha value is -1.41. The maximum Gasteiger partial charge on any atom is 0.349 e. The van der Waals surface area contributed by atoms with Crippen LogP contribution in [0.3, 0.4) is 0 Å². The monoisotopic (exact) mass is 398 g/mol. The van der Waals surface area contributed by atoms with E-state index in [2.05, 4.69) is 17.6 Å². The molecule has 1 aliphatic rings. The molecule has 0 spiro atoms. The van der Waals surface area contributed by atoms with Gasteiger partial charge >= 0.3 is 5.97 Å². The third-order valence-electron chi connectivity index (χ3n) is 4.14. The number of benzene rings is 1. The lowest BCUT2D eigenvalue weighted by molar-refractivity contribution is 0.0606. The Balaban J connectivity index is 1.71. The van der Waals surface area contributed by atoms with E-state index in [0.29, 0.717) is 15.0 Å². The first-order valence-electron chi connectivity index (χ1n) is 7.99. The molecule has 134 valence electrons. The van der Waals surface area contributed by atoms with Crippen LogP contribution in [0.1, 0.15) is 29.4 Å². The van der Waals surface area contributed by atoms with Crippen LogP contribution in [0.25, 0.3) is 10.1 Å². The average molecular weight is 399 g/mol. The lowest BCUT2D eigenvalue weighted by Crippen LogP contribution is -2.42. The fourth-order valence-electron chi connectivity index (χ4n) is 2.83. The quantitative estimate of drug-likeness (QED) is 0.594. The number of carbonyl (C=O) groups is 1. The molecule has 2 N–H and O–H groups in total. The van der Waals surface area contributed by atoms with Gasteiger partial charge in [0, 0.05) is 22.4 Å². The third-order valence-corrected chi connectivity index (χ3v) is 6.00. The highest BCUT2D eigenvalue weighted by molar-refractivity contribution is 7.80. The summed E-state index contributed by atoms with van der Waals surface area (Å²) in [5.74, 6) is -0.428. The van der Waals surface area contributed by atoms with Gasteiger partial charge in [-0.1, -0.05) is 11.6 Å². The number of hydrogen-bond acceptors (Lipinski definition) is 5. The summed E-state index contributed by atoms with van der Waals surface area (Å²) in [7, 11) is 1.34. The molecule has 0 amide bonds. The van der Waals surface area contributed by atoms with Gasteiger partial charge in [-0.3, -0.25) is 0 Å². The number of fused-ring (bicyclic) bond motifs is 1. The van der Waals surface area contributed by atoms with Gasteiger partial charge in [0.15, 0.2) is 5.11 Å². The summed E-state index contributed by atoms with van der Waals surface area (Å²) in [6.07, 6.45) is 2.34. The fraction of sp³-hybridized carbons (Fsp3) is 0.412. The molecule has 1 aromatic heterocycles. The summed E-state index contributed by atoms with van der Waals surface area (Å²) < 4.78 is 11.3. The van der Waals surface area contributed by atoms with E-state index in [-0.39, 0.29) is 12.1 Å². The van der Waals surface area contributed by atoms with Gasteiger partial charge in [0.1, 0.15) is 4.88 Å². The van der Waals surface area contributed by atoms with E-state index in [1.54, 1.807) is 0 Å². The average Bonchev–Trinajstić information content (AvgIpc) is 3.22. The van der Waals surface area contributed by atoms with Gasteiger partial charge in [-0.15, -0.1) is 11.3 Å². The van der Waals surface area contributed by atoms with Crippen molar-refractivity contribution in [3.05, 3.63) is 28.1 Å². The number of methoxy groups -OCH3 is 1. The van der Waals surface area contributed by atoms with E-state index in [0.717, 1.165) is 35.2 Å². The van der Waals surface area contributed by atoms with Crippen LogP contribution in [0.4, 0.5) is 5.69 Å². The molecule has 1 aromatic carbocycles. The number of halogens is 1. The van der Waals surface area contributed by atoms with Gasteiger partial charge in [-0.05, 0) is 50.2 Å². The molecule has 25 heavy (non-hydrogen) atoms. The summed E-state index contributed by atoms with van der Waals surface area (Å²) >= 11 is 13.0. The van der Waals surface area contributed by atoms with Crippen LogP contribution in [0.2, 0.25) is 5.02 Å². The fourth-order valence-corrected chi connectivity index (χ4v) is 4.60. The van der Waals surface area contributed by atoms with Crippen molar-refractivity contribution < 1.29 is 14.3 Å². The Morgan fingerprint density at radius 1 is 1.52 bits per heavy atom. The number of thiophene rings is 1. The van der Waals surface area contributed by atoms with Gasteiger partial charge < -0.3 is 20.1 Å². The van der Waals surface area contributed by atoms with Crippen LogP contribution in [0.15, 0.2) is 18.2 Å². The first-order valence-corrected chi connectivity index (χ1v) is 9.59. The molecule has 1 fully saturated rings. The second-order valence-corrected chi connectivity index (χ2v) is 7.72. The van der Waals surface area contributed by atoms with Crippen molar-refractivity contribution in [2.75, 3.05) is 19.0 Å². The molecular weight excluding hydrogens is 380 g/mol. The first kappa shape index (κ1) is 18.4. The maximum atomic E-state index is 11.8. The number of rotatable bonds is 4. The van der Waals surface area contributed by atoms with Crippen LogP contribution in [-0.4, -0.2) is 36.9 Å². The van der Waals surface area contributed by atoms with Gasteiger partial charge in [0.2, 0.25) is 0 Å². The summed E-state index contributed by atoms with van der Waals surface area (Å²) in [5.41, 5.74) is 0.832. The number of nitrogens with one attached hydrogen (secondary N) is 2. The zero-order valence-corrected chi connectivity index (χ0v) is 16.3. The van der Waals surface area contributed by atoms with Gasteiger partial charge in [0.25, 0.3) is 0 Å². The van der Waals surface area contributed by atoms with Crippen molar-refractivity contribution >= 4 is 62.0 Å². The number of ether oxygens (including phenoxy) is 2. The first-order chi connectivity index (χ1) is 12.0. The molecule has 0 radical (unpaired) electrons. The van der Waals surface area contributed by atoms with Crippen molar-refractivity contribution in [1.29, 1.82) is 0 Å². The Bertz CT molecular complexity index is 803. The minimum Gasteiger partial charge on any atom is -0.465 e. The predicted molar refractivity (Wildman–Crippen MR) is 106 cm³/mol. The molecule has 0 aliphatic carbocycles. The number of anilines is 1. The molecule has 2 heterocycles. The molecular formula is C17H19ClN2O3S2. The van der Waals surface area contributed by atoms with E-state index < -0.39 is 5.97 Å². The normalized spacial score (nSPS) is 18.1. The number of carbonyl (C=O) groups excluding carboxylic acids is 1. The predicted octanol–water partition coefficient (Wildman–Crippen LogP) is 4.20. The van der Waals surface area contributed by atoms with Crippen molar-refractivity contribution in [3.8, 4) is 0 Å². The van der Waals surface area contributed by atoms with Crippen molar-refractivity contribution in [3.63, 3.8) is 0 Å². The van der Waals surface area contributed by atoms with Gasteiger partial charge in [0.05, 0.1) is 24.3 Å². The van der Waals surface area contributed by atoms with Gasteiger partial charge in [-0.25, -0.2) is 4.79 Å². The van der Waals surface area contributed by atoms with Crippen LogP contribution < -0.4 is 10.6 Å². The zero-order valence-electron chi connectivity index (χ0n) is 13.9. The second-order valence-electron chi connectivity index (χ2n) is 5.89. The highest BCUT2D eigenvalue weighted by Crippen LogP contribution is 2.37. The Kier molecular flexibility index (Phi) is 5.78. The Morgan fingerprint density at radius 3 is 3.00 bits per heavy atom. The third kappa shape index (κ3) is 4.06. The van der Waals surface area contributed by atoms with Gasteiger partial charge in [-0.2, -0.15) is 0 Å². The topological polar surface area (TPSA) is 59.6 Å². The van der Waals surface area contributed by atoms with Crippen LogP contribution in [-0.2, 0) is 9.47 Å². The summed E-state index contributed by atoms with van der Waals surface area (Å²) in [6.45, 7) is 2.88. The zero-order chi connectivity index (χ0) is 18.0. The Morgan fingerprint density at radius 2 is 2.32 bits per heavy atom. The second kappa shape index (κ2) is 7.86. The van der Waals surface area contributed by atoms with Crippen molar-refractivity contribution in [1.82, 2.24) is 5.32 Å². The number of hydrogen-bond donors (Lipinski definition) is 2. The smallest absolute Gasteiger partial charge is 0.349 e. The molecule has 0 bridgehead atoms. The molecule has 0 saturated carbocycles. The minimum absolute atomic E-state index is 0.147. The SMILES string of the molecule is COC(=O)c1sc2cc(NC(=S)NC(C)C3CCCO3)ccc2c1Cl. The molecule has 5 nitrogen and oxygen atoms in total. The van der Waals surface area contributed by atoms with E-state index >= 15 is 0 Å².